The molecule has 0 bridgehead atoms. The Hall–Kier alpha value is -0.860. The fraction of sp³-hybridized carbons (Fsp3) is 0.682. The molecule has 5 nitrogen and oxygen atoms in total. The highest BCUT2D eigenvalue weighted by Crippen LogP contribution is 2.30. The van der Waals surface area contributed by atoms with Crippen molar-refractivity contribution < 1.29 is 5.11 Å². The van der Waals surface area contributed by atoms with Crippen LogP contribution in [0.3, 0.4) is 0 Å². The minimum atomic E-state index is 0. The Bertz CT molecular complexity index is 533. The van der Waals surface area contributed by atoms with Crippen molar-refractivity contribution in [2.45, 2.75) is 52.5 Å². The molecular weight excluding hydrogens is 463 g/mol. The van der Waals surface area contributed by atoms with Crippen LogP contribution in [0.15, 0.2) is 35.3 Å². The highest BCUT2D eigenvalue weighted by Gasteiger charge is 2.25. The largest absolute Gasteiger partial charge is 0.396 e. The summed E-state index contributed by atoms with van der Waals surface area (Å²) < 4.78 is 0. The second kappa shape index (κ2) is 15.0. The number of aliphatic hydroxyl groups is 1. The van der Waals surface area contributed by atoms with Gasteiger partial charge in [0.25, 0.3) is 0 Å². The lowest BCUT2D eigenvalue weighted by atomic mass is 9.79. The van der Waals surface area contributed by atoms with Crippen molar-refractivity contribution in [2.24, 2.45) is 10.4 Å². The Labute approximate surface area is 189 Å². The number of rotatable bonds is 12. The minimum Gasteiger partial charge on any atom is -0.396 e. The summed E-state index contributed by atoms with van der Waals surface area (Å²) in [7, 11) is 4.25. The molecule has 0 aliphatic rings. The lowest BCUT2D eigenvalue weighted by molar-refractivity contribution is 0.175. The van der Waals surface area contributed by atoms with Crippen LogP contribution in [0.25, 0.3) is 0 Å². The van der Waals surface area contributed by atoms with Crippen LogP contribution in [-0.2, 0) is 6.42 Å². The fourth-order valence-corrected chi connectivity index (χ4v) is 3.27. The van der Waals surface area contributed by atoms with E-state index in [-0.39, 0.29) is 36.0 Å². The van der Waals surface area contributed by atoms with E-state index in [1.165, 1.54) is 5.56 Å². The second-order valence-corrected chi connectivity index (χ2v) is 7.56. The first-order chi connectivity index (χ1) is 13.0. The van der Waals surface area contributed by atoms with Gasteiger partial charge in [0.15, 0.2) is 5.96 Å². The van der Waals surface area contributed by atoms with Crippen LogP contribution in [-0.4, -0.2) is 62.3 Å². The van der Waals surface area contributed by atoms with Gasteiger partial charge in [-0.25, -0.2) is 0 Å². The quantitative estimate of drug-likeness (QED) is 0.232. The fourth-order valence-electron chi connectivity index (χ4n) is 3.27. The zero-order chi connectivity index (χ0) is 20.1. The molecule has 1 aromatic carbocycles. The number of likely N-dealkylation sites (N-methyl/N-ethyl adjacent to an activating group) is 1. The monoisotopic (exact) mass is 504 g/mol. The number of halogens is 1. The first kappa shape index (κ1) is 27.1. The molecule has 0 radical (unpaired) electrons. The average Bonchev–Trinajstić information content (AvgIpc) is 2.68. The molecule has 0 saturated heterocycles. The summed E-state index contributed by atoms with van der Waals surface area (Å²) in [5.74, 6) is 0.863. The van der Waals surface area contributed by atoms with Crippen LogP contribution < -0.4 is 10.6 Å². The molecule has 162 valence electrons. The Morgan fingerprint density at radius 2 is 1.75 bits per heavy atom. The summed E-state index contributed by atoms with van der Waals surface area (Å²) in [4.78, 5) is 7.11. The van der Waals surface area contributed by atoms with E-state index in [2.05, 4.69) is 80.7 Å². The Balaban J connectivity index is 0.00000729. The molecular formula is C22H41IN4O. The Kier molecular flexibility index (Phi) is 14.6. The van der Waals surface area contributed by atoms with Crippen LogP contribution in [0.2, 0.25) is 0 Å². The molecule has 0 fully saturated rings. The van der Waals surface area contributed by atoms with Crippen molar-refractivity contribution in [1.82, 2.24) is 15.5 Å². The molecule has 0 aliphatic carbocycles. The smallest absolute Gasteiger partial charge is 0.191 e. The van der Waals surface area contributed by atoms with Gasteiger partial charge >= 0.3 is 0 Å². The third-order valence-electron chi connectivity index (χ3n) is 5.61. The van der Waals surface area contributed by atoms with Gasteiger partial charge in [-0.2, -0.15) is 0 Å². The van der Waals surface area contributed by atoms with Crippen molar-refractivity contribution >= 4 is 29.9 Å². The molecule has 1 atom stereocenters. The van der Waals surface area contributed by atoms with E-state index in [9.17, 15) is 5.11 Å². The van der Waals surface area contributed by atoms with Crippen molar-refractivity contribution in [1.29, 1.82) is 0 Å². The van der Waals surface area contributed by atoms with Gasteiger partial charge in [-0.1, -0.05) is 44.2 Å². The molecule has 0 aliphatic heterocycles. The maximum Gasteiger partial charge on any atom is 0.191 e. The average molecular weight is 505 g/mol. The summed E-state index contributed by atoms with van der Waals surface area (Å²) in [5, 5.41) is 16.3. The second-order valence-electron chi connectivity index (χ2n) is 7.56. The van der Waals surface area contributed by atoms with Crippen molar-refractivity contribution in [3.8, 4) is 0 Å². The molecule has 0 aromatic heterocycles. The molecule has 3 N–H and O–H groups in total. The van der Waals surface area contributed by atoms with E-state index in [0.29, 0.717) is 6.04 Å². The summed E-state index contributed by atoms with van der Waals surface area (Å²) >= 11 is 0. The maximum atomic E-state index is 9.42. The molecule has 6 heteroatoms. The standard InChI is InChI=1S/C22H40N4O.HI/c1-6-22(7-2,14-15-27)18-25-21(23-8-3)24-17-20(26(4)5)16-19-12-10-9-11-13-19;/h9-13,20,27H,6-8,14-18H2,1-5H3,(H2,23,24,25);1H. The van der Waals surface area contributed by atoms with E-state index in [0.717, 1.165) is 51.3 Å². The number of aliphatic hydroxyl groups excluding tert-OH is 1. The van der Waals surface area contributed by atoms with E-state index in [4.69, 9.17) is 4.99 Å². The number of nitrogens with zero attached hydrogens (tertiary/aromatic N) is 2. The Morgan fingerprint density at radius 3 is 2.25 bits per heavy atom. The molecule has 0 saturated carbocycles. The van der Waals surface area contributed by atoms with Crippen molar-refractivity contribution in [2.75, 3.05) is 40.3 Å². The van der Waals surface area contributed by atoms with Crippen LogP contribution >= 0.6 is 24.0 Å². The summed E-state index contributed by atoms with van der Waals surface area (Å²) in [6.45, 7) is 9.10. The van der Waals surface area contributed by atoms with Crippen LogP contribution in [0.1, 0.15) is 45.6 Å². The third-order valence-corrected chi connectivity index (χ3v) is 5.61. The zero-order valence-corrected chi connectivity index (χ0v) is 20.7. The van der Waals surface area contributed by atoms with E-state index in [1.807, 2.05) is 0 Å². The first-order valence-electron chi connectivity index (χ1n) is 10.3. The van der Waals surface area contributed by atoms with Crippen LogP contribution in [0.5, 0.6) is 0 Å². The van der Waals surface area contributed by atoms with Crippen LogP contribution in [0.4, 0.5) is 0 Å². The number of benzene rings is 1. The summed E-state index contributed by atoms with van der Waals surface area (Å²) in [5.41, 5.74) is 1.43. The van der Waals surface area contributed by atoms with Gasteiger partial charge in [0, 0.05) is 32.3 Å². The van der Waals surface area contributed by atoms with E-state index in [1.54, 1.807) is 0 Å². The number of aliphatic imine (C=N–C) groups is 1. The summed E-state index contributed by atoms with van der Waals surface area (Å²) in [6.07, 6.45) is 3.86. The van der Waals surface area contributed by atoms with Gasteiger partial charge in [-0.05, 0) is 57.7 Å². The molecule has 0 heterocycles. The van der Waals surface area contributed by atoms with Gasteiger partial charge < -0.3 is 20.6 Å². The van der Waals surface area contributed by atoms with Crippen molar-refractivity contribution in [3.05, 3.63) is 35.9 Å². The predicted octanol–water partition coefficient (Wildman–Crippen LogP) is 3.52. The van der Waals surface area contributed by atoms with Crippen molar-refractivity contribution in [3.63, 3.8) is 0 Å². The van der Waals surface area contributed by atoms with Gasteiger partial charge in [0.1, 0.15) is 0 Å². The SMILES string of the molecule is CCNC(=NCC(CC)(CC)CCO)NCC(Cc1ccccc1)N(C)C.I. The highest BCUT2D eigenvalue weighted by atomic mass is 127. The van der Waals surface area contributed by atoms with Gasteiger partial charge in [0.2, 0.25) is 0 Å². The van der Waals surface area contributed by atoms with Gasteiger partial charge in [0.05, 0.1) is 0 Å². The number of hydrogen-bond donors (Lipinski definition) is 3. The Morgan fingerprint density at radius 1 is 1.11 bits per heavy atom. The maximum absolute atomic E-state index is 9.42. The molecule has 1 unspecified atom stereocenters. The number of guanidine groups is 1. The topological polar surface area (TPSA) is 59.9 Å². The molecule has 0 spiro atoms. The molecule has 28 heavy (non-hydrogen) atoms. The predicted molar refractivity (Wildman–Crippen MR) is 132 cm³/mol. The molecule has 1 aromatic rings. The first-order valence-corrected chi connectivity index (χ1v) is 10.3. The van der Waals surface area contributed by atoms with Crippen LogP contribution in [0, 0.1) is 5.41 Å². The van der Waals surface area contributed by atoms with E-state index < -0.39 is 0 Å². The third kappa shape index (κ3) is 9.56. The van der Waals surface area contributed by atoms with E-state index >= 15 is 0 Å². The lowest BCUT2D eigenvalue weighted by Crippen LogP contribution is -2.46. The van der Waals surface area contributed by atoms with Gasteiger partial charge in [-0.15, -0.1) is 24.0 Å². The lowest BCUT2D eigenvalue weighted by Gasteiger charge is -2.30. The zero-order valence-electron chi connectivity index (χ0n) is 18.4. The number of hydrogen-bond acceptors (Lipinski definition) is 3. The minimum absolute atomic E-state index is 0. The summed E-state index contributed by atoms with van der Waals surface area (Å²) in [6, 6.07) is 11.0. The molecule has 0 amide bonds. The van der Waals surface area contributed by atoms with Gasteiger partial charge in [-0.3, -0.25) is 4.99 Å². The number of nitrogens with one attached hydrogen (secondary N) is 2. The highest BCUT2D eigenvalue weighted by molar-refractivity contribution is 14.0. The normalized spacial score (nSPS) is 13.2. The molecule has 1 rings (SSSR count).